The fraction of sp³-hybridized carbons (Fsp3) is 0.375. The SMILES string of the molecule is CCC(C)Oc1ccccc1C(=O)Nc1ncc(CCO)s1. The number of carbonyl (C=O) groups excluding carboxylic acids is 1. The summed E-state index contributed by atoms with van der Waals surface area (Å²) >= 11 is 1.36. The Bertz CT molecular complexity index is 627. The molecule has 2 N–H and O–H groups in total. The molecule has 1 heterocycles. The summed E-state index contributed by atoms with van der Waals surface area (Å²) in [4.78, 5) is 17.5. The van der Waals surface area contributed by atoms with Gasteiger partial charge in [0.15, 0.2) is 5.13 Å². The number of rotatable bonds is 7. The quantitative estimate of drug-likeness (QED) is 0.822. The highest BCUT2D eigenvalue weighted by atomic mass is 32.1. The number of aliphatic hydroxyl groups is 1. The van der Waals surface area contributed by atoms with Crippen molar-refractivity contribution < 1.29 is 14.6 Å². The van der Waals surface area contributed by atoms with Gasteiger partial charge >= 0.3 is 0 Å². The maximum atomic E-state index is 12.4. The molecule has 1 atom stereocenters. The summed E-state index contributed by atoms with van der Waals surface area (Å²) < 4.78 is 5.79. The number of amides is 1. The van der Waals surface area contributed by atoms with Gasteiger partial charge in [-0.05, 0) is 25.5 Å². The van der Waals surface area contributed by atoms with Gasteiger partial charge in [-0.2, -0.15) is 0 Å². The Hall–Kier alpha value is -1.92. The number of aliphatic hydroxyl groups excluding tert-OH is 1. The van der Waals surface area contributed by atoms with E-state index in [9.17, 15) is 4.79 Å². The van der Waals surface area contributed by atoms with Crippen LogP contribution in [0.4, 0.5) is 5.13 Å². The average molecular weight is 320 g/mol. The summed E-state index contributed by atoms with van der Waals surface area (Å²) in [6.07, 6.45) is 3.12. The fourth-order valence-corrected chi connectivity index (χ4v) is 2.61. The first kappa shape index (κ1) is 16.5. The summed E-state index contributed by atoms with van der Waals surface area (Å²) in [5, 5.41) is 12.2. The third kappa shape index (κ3) is 4.29. The molecular formula is C16H20N2O3S. The van der Waals surface area contributed by atoms with Gasteiger partial charge in [0.2, 0.25) is 0 Å². The van der Waals surface area contributed by atoms with E-state index in [0.717, 1.165) is 11.3 Å². The highest BCUT2D eigenvalue weighted by Gasteiger charge is 2.15. The number of aromatic nitrogens is 1. The molecule has 1 amide bonds. The number of para-hydroxylation sites is 1. The molecule has 2 rings (SSSR count). The second-order valence-corrected chi connectivity index (χ2v) is 6.01. The van der Waals surface area contributed by atoms with Crippen LogP contribution >= 0.6 is 11.3 Å². The van der Waals surface area contributed by atoms with E-state index in [4.69, 9.17) is 9.84 Å². The van der Waals surface area contributed by atoms with Gasteiger partial charge in [0, 0.05) is 24.1 Å². The van der Waals surface area contributed by atoms with Gasteiger partial charge in [0.1, 0.15) is 5.75 Å². The predicted octanol–water partition coefficient (Wildman–Crippen LogP) is 3.11. The highest BCUT2D eigenvalue weighted by molar-refractivity contribution is 7.15. The number of hydrogen-bond donors (Lipinski definition) is 2. The average Bonchev–Trinajstić information content (AvgIpc) is 2.95. The molecule has 0 bridgehead atoms. The van der Waals surface area contributed by atoms with E-state index in [0.29, 0.717) is 22.9 Å². The van der Waals surface area contributed by atoms with Gasteiger partial charge in [-0.1, -0.05) is 19.1 Å². The van der Waals surface area contributed by atoms with Gasteiger partial charge in [-0.15, -0.1) is 11.3 Å². The lowest BCUT2D eigenvalue weighted by molar-refractivity contribution is 0.102. The van der Waals surface area contributed by atoms with Crippen molar-refractivity contribution in [2.45, 2.75) is 32.8 Å². The first-order valence-electron chi connectivity index (χ1n) is 7.26. The molecule has 0 aliphatic carbocycles. The largest absolute Gasteiger partial charge is 0.490 e. The Labute approximate surface area is 134 Å². The zero-order valence-corrected chi connectivity index (χ0v) is 13.5. The number of benzene rings is 1. The van der Waals surface area contributed by atoms with E-state index in [1.54, 1.807) is 24.4 Å². The number of ether oxygens (including phenoxy) is 1. The van der Waals surface area contributed by atoms with E-state index in [-0.39, 0.29) is 18.6 Å². The van der Waals surface area contributed by atoms with Crippen molar-refractivity contribution in [2.24, 2.45) is 0 Å². The van der Waals surface area contributed by atoms with Crippen LogP contribution in [0, 0.1) is 0 Å². The molecule has 2 aromatic rings. The Balaban J connectivity index is 2.11. The van der Waals surface area contributed by atoms with Gasteiger partial charge in [-0.3, -0.25) is 10.1 Å². The Morgan fingerprint density at radius 1 is 1.45 bits per heavy atom. The minimum absolute atomic E-state index is 0.0463. The first-order valence-corrected chi connectivity index (χ1v) is 8.08. The number of hydrogen-bond acceptors (Lipinski definition) is 5. The van der Waals surface area contributed by atoms with Crippen molar-refractivity contribution in [2.75, 3.05) is 11.9 Å². The second-order valence-electron chi connectivity index (χ2n) is 4.89. The van der Waals surface area contributed by atoms with Crippen molar-refractivity contribution in [1.29, 1.82) is 0 Å². The molecule has 0 saturated heterocycles. The van der Waals surface area contributed by atoms with Crippen molar-refractivity contribution in [3.63, 3.8) is 0 Å². The molecule has 6 heteroatoms. The maximum Gasteiger partial charge on any atom is 0.261 e. The third-order valence-electron chi connectivity index (χ3n) is 3.17. The summed E-state index contributed by atoms with van der Waals surface area (Å²) in [6, 6.07) is 7.17. The summed E-state index contributed by atoms with van der Waals surface area (Å²) in [5.41, 5.74) is 0.488. The summed E-state index contributed by atoms with van der Waals surface area (Å²) in [5.74, 6) is 0.324. The smallest absolute Gasteiger partial charge is 0.261 e. The zero-order chi connectivity index (χ0) is 15.9. The van der Waals surface area contributed by atoms with Crippen molar-refractivity contribution in [1.82, 2.24) is 4.98 Å². The lowest BCUT2D eigenvalue weighted by atomic mass is 10.2. The Morgan fingerprint density at radius 3 is 2.95 bits per heavy atom. The molecule has 0 radical (unpaired) electrons. The van der Waals surface area contributed by atoms with Crippen LogP contribution in [0.3, 0.4) is 0 Å². The van der Waals surface area contributed by atoms with Gasteiger partial charge in [-0.25, -0.2) is 4.98 Å². The fourth-order valence-electron chi connectivity index (χ4n) is 1.81. The first-order chi connectivity index (χ1) is 10.6. The molecule has 118 valence electrons. The van der Waals surface area contributed by atoms with Gasteiger partial charge < -0.3 is 9.84 Å². The van der Waals surface area contributed by atoms with Crippen LogP contribution in [0.2, 0.25) is 0 Å². The number of nitrogens with zero attached hydrogens (tertiary/aromatic N) is 1. The van der Waals surface area contributed by atoms with Crippen LogP contribution in [0.5, 0.6) is 5.75 Å². The number of nitrogens with one attached hydrogen (secondary N) is 1. The molecule has 0 spiro atoms. The van der Waals surface area contributed by atoms with E-state index in [2.05, 4.69) is 10.3 Å². The molecule has 0 aliphatic rings. The lowest BCUT2D eigenvalue weighted by Crippen LogP contribution is -2.16. The van der Waals surface area contributed by atoms with Crippen LogP contribution in [0.15, 0.2) is 30.5 Å². The maximum absolute atomic E-state index is 12.4. The van der Waals surface area contributed by atoms with Crippen molar-refractivity contribution in [3.8, 4) is 5.75 Å². The molecule has 1 aromatic carbocycles. The van der Waals surface area contributed by atoms with E-state index in [1.807, 2.05) is 19.9 Å². The van der Waals surface area contributed by atoms with Crippen LogP contribution in [0.25, 0.3) is 0 Å². The molecule has 5 nitrogen and oxygen atoms in total. The monoisotopic (exact) mass is 320 g/mol. The third-order valence-corrected chi connectivity index (χ3v) is 4.14. The number of carbonyl (C=O) groups is 1. The minimum Gasteiger partial charge on any atom is -0.490 e. The van der Waals surface area contributed by atoms with E-state index >= 15 is 0 Å². The number of thiazole rings is 1. The molecule has 1 unspecified atom stereocenters. The molecular weight excluding hydrogens is 300 g/mol. The second kappa shape index (κ2) is 7.91. The van der Waals surface area contributed by atoms with E-state index in [1.165, 1.54) is 11.3 Å². The predicted molar refractivity (Wildman–Crippen MR) is 87.7 cm³/mol. The molecule has 0 aliphatic heterocycles. The topological polar surface area (TPSA) is 71.5 Å². The van der Waals surface area contributed by atoms with Crippen molar-refractivity contribution in [3.05, 3.63) is 40.9 Å². The van der Waals surface area contributed by atoms with Crippen LogP contribution in [-0.4, -0.2) is 28.7 Å². The highest BCUT2D eigenvalue weighted by Crippen LogP contribution is 2.23. The molecule has 0 saturated carbocycles. The van der Waals surface area contributed by atoms with Crippen LogP contribution in [-0.2, 0) is 6.42 Å². The van der Waals surface area contributed by atoms with Crippen LogP contribution in [0.1, 0.15) is 35.5 Å². The van der Waals surface area contributed by atoms with E-state index < -0.39 is 0 Å². The molecule has 22 heavy (non-hydrogen) atoms. The molecule has 1 aromatic heterocycles. The van der Waals surface area contributed by atoms with Gasteiger partial charge in [0.25, 0.3) is 5.91 Å². The van der Waals surface area contributed by atoms with Crippen LogP contribution < -0.4 is 10.1 Å². The zero-order valence-electron chi connectivity index (χ0n) is 12.7. The lowest BCUT2D eigenvalue weighted by Gasteiger charge is -2.15. The standard InChI is InChI=1S/C16H20N2O3S/c1-3-11(2)21-14-7-5-4-6-13(14)15(20)18-16-17-10-12(22-16)8-9-19/h4-7,10-11,19H,3,8-9H2,1-2H3,(H,17,18,20). The molecule has 0 fully saturated rings. The minimum atomic E-state index is -0.246. The Morgan fingerprint density at radius 2 is 2.23 bits per heavy atom. The summed E-state index contributed by atoms with van der Waals surface area (Å²) in [7, 11) is 0. The van der Waals surface area contributed by atoms with Gasteiger partial charge in [0.05, 0.1) is 11.7 Å². The number of anilines is 1. The van der Waals surface area contributed by atoms with Crippen molar-refractivity contribution >= 4 is 22.4 Å². The summed E-state index contributed by atoms with van der Waals surface area (Å²) in [6.45, 7) is 4.07. The normalized spacial score (nSPS) is 12.0. The Kier molecular flexibility index (Phi) is 5.91.